The largest absolute Gasteiger partial charge is 0.358 e. The van der Waals surface area contributed by atoms with Crippen molar-refractivity contribution >= 4 is 13.3 Å². The summed E-state index contributed by atoms with van der Waals surface area (Å²) in [6, 6.07) is 9.25. The van der Waals surface area contributed by atoms with Crippen molar-refractivity contribution in [2.75, 3.05) is 0 Å². The van der Waals surface area contributed by atoms with Crippen molar-refractivity contribution in [3.8, 4) is 0 Å². The summed E-state index contributed by atoms with van der Waals surface area (Å²) < 4.78 is 1.91. The smallest absolute Gasteiger partial charge is 0.0775 e. The van der Waals surface area contributed by atoms with Crippen LogP contribution in [-0.4, -0.2) is 23.1 Å². The SMILES string of the molecule is [Ac].[CH2-]c1cn(C(CC)c2ccc([Si](C)(C)C)cc2)nn1.[CH3-]. The van der Waals surface area contributed by atoms with Crippen molar-refractivity contribution in [3.63, 3.8) is 0 Å². The number of hydrogen-bond acceptors (Lipinski definition) is 2. The molecule has 0 saturated carbocycles. The normalized spacial score (nSPS) is 12.2. The van der Waals surface area contributed by atoms with Crippen molar-refractivity contribution in [2.24, 2.45) is 0 Å². The van der Waals surface area contributed by atoms with Crippen molar-refractivity contribution in [3.05, 3.63) is 56.1 Å². The molecular weight excluding hydrogens is 489 g/mol. The Morgan fingerprint density at radius 2 is 1.76 bits per heavy atom. The van der Waals surface area contributed by atoms with Crippen LogP contribution in [0.25, 0.3) is 0 Å². The topological polar surface area (TPSA) is 30.7 Å². The molecule has 2 aromatic rings. The van der Waals surface area contributed by atoms with Gasteiger partial charge in [-0.15, -0.1) is 0 Å². The van der Waals surface area contributed by atoms with Gasteiger partial charge in [-0.2, -0.15) is 5.10 Å². The molecule has 0 N–H and O–H groups in total. The van der Waals surface area contributed by atoms with Crippen LogP contribution in [0.3, 0.4) is 0 Å². The number of hydrogen-bond donors (Lipinski definition) is 0. The van der Waals surface area contributed by atoms with Crippen LogP contribution in [0, 0.1) is 58.4 Å². The first kappa shape index (κ1) is 20.9. The third kappa shape index (κ3) is 5.23. The number of rotatable bonds is 4. The Morgan fingerprint density at radius 3 is 2.14 bits per heavy atom. The molecule has 113 valence electrons. The van der Waals surface area contributed by atoms with E-state index >= 15 is 0 Å². The van der Waals surface area contributed by atoms with E-state index in [2.05, 4.69) is 68.1 Å². The van der Waals surface area contributed by atoms with Gasteiger partial charge in [0.2, 0.25) is 0 Å². The molecule has 0 aliphatic rings. The number of benzene rings is 1. The maximum absolute atomic E-state index is 4.15. The molecular formula is C16H25AcN3Si-2. The minimum Gasteiger partial charge on any atom is -0.358 e. The Hall–Kier alpha value is -0.112. The van der Waals surface area contributed by atoms with Gasteiger partial charge in [0.25, 0.3) is 0 Å². The summed E-state index contributed by atoms with van der Waals surface area (Å²) in [6.45, 7) is 13.1. The van der Waals surface area contributed by atoms with Gasteiger partial charge in [-0.3, -0.25) is 0 Å². The molecule has 0 bridgehead atoms. The monoisotopic (exact) mass is 514 g/mol. The Bertz CT molecular complexity index is 543. The number of nitrogens with zero attached hydrogens (tertiary/aromatic N) is 3. The molecule has 5 heteroatoms. The second-order valence-corrected chi connectivity index (χ2v) is 11.1. The summed E-state index contributed by atoms with van der Waals surface area (Å²) in [6.07, 6.45) is 2.90. The second kappa shape index (κ2) is 8.50. The van der Waals surface area contributed by atoms with E-state index < -0.39 is 8.07 Å². The van der Waals surface area contributed by atoms with E-state index in [1.165, 1.54) is 10.8 Å². The Balaban J connectivity index is 0.00000200. The Labute approximate surface area is 166 Å². The Kier molecular flexibility index (Phi) is 8.46. The minimum absolute atomic E-state index is 0. The maximum Gasteiger partial charge on any atom is 0.0775 e. The summed E-state index contributed by atoms with van der Waals surface area (Å²) in [5.41, 5.74) is 2.01. The zero-order chi connectivity index (χ0) is 14.0. The van der Waals surface area contributed by atoms with Gasteiger partial charge in [-0.1, -0.05) is 73.1 Å². The summed E-state index contributed by atoms with van der Waals surface area (Å²) in [5, 5.41) is 9.61. The van der Waals surface area contributed by atoms with E-state index in [9.17, 15) is 0 Å². The first-order valence-electron chi connectivity index (χ1n) is 6.76. The summed E-state index contributed by atoms with van der Waals surface area (Å²) >= 11 is 0. The van der Waals surface area contributed by atoms with Crippen LogP contribution in [0.5, 0.6) is 0 Å². The summed E-state index contributed by atoms with van der Waals surface area (Å²) in [5.74, 6) is 0. The van der Waals surface area contributed by atoms with Gasteiger partial charge in [0.15, 0.2) is 0 Å². The molecule has 0 aliphatic heterocycles. The van der Waals surface area contributed by atoms with Crippen molar-refractivity contribution < 1.29 is 44.1 Å². The van der Waals surface area contributed by atoms with Crippen LogP contribution in [0.1, 0.15) is 30.6 Å². The third-order valence-electron chi connectivity index (χ3n) is 3.43. The first-order chi connectivity index (χ1) is 8.91. The molecule has 0 aliphatic carbocycles. The van der Waals surface area contributed by atoms with Crippen molar-refractivity contribution in [1.82, 2.24) is 15.0 Å². The third-order valence-corrected chi connectivity index (χ3v) is 5.49. The van der Waals surface area contributed by atoms with Gasteiger partial charge in [0, 0.05) is 44.1 Å². The quantitative estimate of drug-likeness (QED) is 0.463. The van der Waals surface area contributed by atoms with Crippen LogP contribution < -0.4 is 5.19 Å². The van der Waals surface area contributed by atoms with E-state index in [1.807, 2.05) is 10.9 Å². The van der Waals surface area contributed by atoms with E-state index in [0.29, 0.717) is 0 Å². The molecule has 0 amide bonds. The van der Waals surface area contributed by atoms with Crippen LogP contribution in [0.4, 0.5) is 0 Å². The van der Waals surface area contributed by atoms with Gasteiger partial charge in [0.05, 0.1) is 14.1 Å². The average Bonchev–Trinajstić information content (AvgIpc) is 2.76. The van der Waals surface area contributed by atoms with Crippen LogP contribution in [0.2, 0.25) is 19.6 Å². The van der Waals surface area contributed by atoms with Crippen molar-refractivity contribution in [2.45, 2.75) is 39.0 Å². The van der Waals surface area contributed by atoms with Gasteiger partial charge in [-0.25, -0.2) is 6.92 Å². The maximum atomic E-state index is 4.15. The van der Waals surface area contributed by atoms with Crippen LogP contribution in [-0.2, 0) is 0 Å². The molecule has 0 saturated heterocycles. The number of aromatic nitrogens is 3. The van der Waals surface area contributed by atoms with E-state index in [-0.39, 0.29) is 57.5 Å². The fourth-order valence-corrected chi connectivity index (χ4v) is 3.41. The predicted octanol–water partition coefficient (Wildman–Crippen LogP) is 3.46. The second-order valence-electron chi connectivity index (χ2n) is 5.99. The standard InChI is InChI=1S/C15H22N3Si.CH3.Ac/c1-6-15(18-11-12(2)16-17-18)13-7-9-14(10-8-13)19(3,4)5;;/h7-11,15H,2,6H2,1,3-5H3;1H3;/q2*-1;. The summed E-state index contributed by atoms with van der Waals surface area (Å²) in [7, 11) is -1.22. The Morgan fingerprint density at radius 1 is 1.19 bits per heavy atom. The zero-order valence-corrected chi connectivity index (χ0v) is 19.5. The van der Waals surface area contributed by atoms with Gasteiger partial charge >= 0.3 is 0 Å². The molecule has 21 heavy (non-hydrogen) atoms. The molecule has 1 heterocycles. The molecule has 0 fully saturated rings. The minimum atomic E-state index is -1.22. The molecule has 3 nitrogen and oxygen atoms in total. The van der Waals surface area contributed by atoms with Gasteiger partial charge < -0.3 is 12.1 Å². The van der Waals surface area contributed by atoms with Crippen molar-refractivity contribution in [1.29, 1.82) is 0 Å². The van der Waals surface area contributed by atoms with Crippen LogP contribution >= 0.6 is 0 Å². The first-order valence-corrected chi connectivity index (χ1v) is 10.3. The van der Waals surface area contributed by atoms with Gasteiger partial charge in [0.1, 0.15) is 0 Å². The zero-order valence-electron chi connectivity index (χ0n) is 13.8. The molecule has 1 radical (unpaired) electrons. The van der Waals surface area contributed by atoms with Gasteiger partial charge in [-0.05, 0) is 12.0 Å². The predicted molar refractivity (Wildman–Crippen MR) is 88.7 cm³/mol. The fourth-order valence-electron chi connectivity index (χ4n) is 2.25. The molecule has 1 aromatic carbocycles. The van der Waals surface area contributed by atoms with E-state index in [4.69, 9.17) is 0 Å². The molecule has 1 atom stereocenters. The van der Waals surface area contributed by atoms with E-state index in [0.717, 1.165) is 12.1 Å². The molecule has 1 aromatic heterocycles. The fraction of sp³-hybridized carbons (Fsp3) is 0.375. The average molecular weight is 514 g/mol. The molecule has 0 spiro atoms. The van der Waals surface area contributed by atoms with E-state index in [1.54, 1.807) is 0 Å². The summed E-state index contributed by atoms with van der Waals surface area (Å²) in [4.78, 5) is 0. The molecule has 1 unspecified atom stereocenters. The molecule has 2 rings (SSSR count). The van der Waals surface area contributed by atoms with Crippen LogP contribution in [0.15, 0.2) is 30.5 Å².